The highest BCUT2D eigenvalue weighted by Crippen LogP contribution is 2.38. The second-order valence-electron chi connectivity index (χ2n) is 8.03. The summed E-state index contributed by atoms with van der Waals surface area (Å²) in [6, 6.07) is 19.6. The van der Waals surface area contributed by atoms with Crippen molar-refractivity contribution in [1.29, 1.82) is 0 Å². The van der Waals surface area contributed by atoms with Gasteiger partial charge in [-0.2, -0.15) is 0 Å². The molecule has 0 saturated carbocycles. The molecule has 2 amide bonds. The van der Waals surface area contributed by atoms with E-state index < -0.39 is 0 Å². The van der Waals surface area contributed by atoms with Gasteiger partial charge in [-0.15, -0.1) is 0 Å². The fourth-order valence-electron chi connectivity index (χ4n) is 4.37. The number of nitrogens with zero attached hydrogens (tertiary/aromatic N) is 3. The molecular formula is C26H23N3O2. The van der Waals surface area contributed by atoms with E-state index in [1.807, 2.05) is 66.4 Å². The Morgan fingerprint density at radius 2 is 1.65 bits per heavy atom. The number of carbonyl (C=O) groups excluding carboxylic acids is 2. The molecule has 2 aromatic carbocycles. The van der Waals surface area contributed by atoms with E-state index in [9.17, 15) is 9.59 Å². The summed E-state index contributed by atoms with van der Waals surface area (Å²) < 4.78 is 0. The van der Waals surface area contributed by atoms with E-state index in [1.54, 1.807) is 12.4 Å². The number of amides is 2. The van der Waals surface area contributed by atoms with Crippen molar-refractivity contribution in [2.75, 3.05) is 11.4 Å². The Balaban J connectivity index is 1.63. The van der Waals surface area contributed by atoms with Crippen LogP contribution in [0.3, 0.4) is 0 Å². The minimum absolute atomic E-state index is 0.231. The quantitative estimate of drug-likeness (QED) is 0.608. The van der Waals surface area contributed by atoms with Gasteiger partial charge in [0.05, 0.1) is 12.1 Å². The van der Waals surface area contributed by atoms with Gasteiger partial charge in [-0.3, -0.25) is 19.5 Å². The number of imide groups is 1. The predicted molar refractivity (Wildman–Crippen MR) is 120 cm³/mol. The van der Waals surface area contributed by atoms with Crippen LogP contribution >= 0.6 is 0 Å². The standard InChI is InChI=1S/C26H23N3O2/c1-18-8-10-21(11-9-18)23-24(28-16-4-6-20-5-2-3-7-22(20)28)26(31)29(25(23)30)17-19-12-14-27-15-13-19/h2-3,5,7-15H,4,6,16-17H2,1H3. The number of rotatable bonds is 4. The van der Waals surface area contributed by atoms with Gasteiger partial charge in [0.2, 0.25) is 0 Å². The molecule has 0 radical (unpaired) electrons. The van der Waals surface area contributed by atoms with Gasteiger partial charge in [0.1, 0.15) is 5.70 Å². The van der Waals surface area contributed by atoms with Crippen molar-refractivity contribution >= 4 is 23.1 Å². The Morgan fingerprint density at radius 1 is 0.903 bits per heavy atom. The van der Waals surface area contributed by atoms with E-state index in [0.717, 1.165) is 35.2 Å². The minimum atomic E-state index is -0.247. The fraction of sp³-hybridized carbons (Fsp3) is 0.192. The van der Waals surface area contributed by atoms with E-state index in [-0.39, 0.29) is 18.4 Å². The molecule has 5 heteroatoms. The molecular weight excluding hydrogens is 386 g/mol. The third-order valence-corrected chi connectivity index (χ3v) is 5.95. The summed E-state index contributed by atoms with van der Waals surface area (Å²) in [5, 5.41) is 0. The minimum Gasteiger partial charge on any atom is -0.336 e. The molecule has 5 nitrogen and oxygen atoms in total. The second-order valence-corrected chi connectivity index (χ2v) is 8.03. The summed E-state index contributed by atoms with van der Waals surface area (Å²) in [4.78, 5) is 34.7. The lowest BCUT2D eigenvalue weighted by atomic mass is 9.98. The maximum atomic E-state index is 13.7. The van der Waals surface area contributed by atoms with Crippen molar-refractivity contribution in [3.8, 4) is 0 Å². The molecule has 0 bridgehead atoms. The third kappa shape index (κ3) is 3.42. The van der Waals surface area contributed by atoms with Crippen LogP contribution < -0.4 is 4.90 Å². The van der Waals surface area contributed by atoms with E-state index in [2.05, 4.69) is 11.1 Å². The van der Waals surface area contributed by atoms with Crippen molar-refractivity contribution in [2.45, 2.75) is 26.3 Å². The Hall–Kier alpha value is -3.73. The number of hydrogen-bond donors (Lipinski definition) is 0. The molecule has 0 N–H and O–H groups in total. The number of benzene rings is 2. The molecule has 3 heterocycles. The molecule has 0 fully saturated rings. The van der Waals surface area contributed by atoms with Crippen LogP contribution in [0.15, 0.2) is 78.8 Å². The van der Waals surface area contributed by atoms with E-state index in [4.69, 9.17) is 0 Å². The first kappa shape index (κ1) is 19.2. The number of fused-ring (bicyclic) bond motifs is 1. The molecule has 5 rings (SSSR count). The van der Waals surface area contributed by atoms with Crippen LogP contribution in [0.4, 0.5) is 5.69 Å². The molecule has 2 aliphatic heterocycles. The number of para-hydroxylation sites is 1. The van der Waals surface area contributed by atoms with Crippen molar-refractivity contribution < 1.29 is 9.59 Å². The fourth-order valence-corrected chi connectivity index (χ4v) is 4.37. The number of carbonyl (C=O) groups is 2. The van der Waals surface area contributed by atoms with Crippen LogP contribution in [0.5, 0.6) is 0 Å². The van der Waals surface area contributed by atoms with Crippen LogP contribution in [-0.4, -0.2) is 28.2 Å². The van der Waals surface area contributed by atoms with Gasteiger partial charge in [0.25, 0.3) is 11.8 Å². The summed E-state index contributed by atoms with van der Waals surface area (Å²) in [6.45, 7) is 2.95. The summed E-state index contributed by atoms with van der Waals surface area (Å²) in [5.41, 5.74) is 5.95. The Bertz CT molecular complexity index is 1180. The lowest BCUT2D eigenvalue weighted by Gasteiger charge is -2.32. The molecule has 0 unspecified atom stereocenters. The van der Waals surface area contributed by atoms with Crippen molar-refractivity contribution in [3.05, 3.63) is 101 Å². The summed E-state index contributed by atoms with van der Waals surface area (Å²) >= 11 is 0. The monoisotopic (exact) mass is 409 g/mol. The number of aryl methyl sites for hydroxylation is 2. The highest BCUT2D eigenvalue weighted by Gasteiger charge is 2.42. The Kier molecular flexibility index (Phi) is 4.86. The van der Waals surface area contributed by atoms with Crippen molar-refractivity contribution in [3.63, 3.8) is 0 Å². The van der Waals surface area contributed by atoms with Gasteiger partial charge in [0.15, 0.2) is 0 Å². The SMILES string of the molecule is Cc1ccc(C2=C(N3CCCc4ccccc43)C(=O)N(Cc3ccncc3)C2=O)cc1. The Morgan fingerprint density at radius 3 is 2.42 bits per heavy atom. The molecule has 0 saturated heterocycles. The molecule has 0 spiro atoms. The van der Waals surface area contributed by atoms with Gasteiger partial charge < -0.3 is 4.90 Å². The van der Waals surface area contributed by atoms with Crippen LogP contribution in [0.25, 0.3) is 5.57 Å². The first-order chi connectivity index (χ1) is 15.1. The van der Waals surface area contributed by atoms with Crippen LogP contribution in [0, 0.1) is 6.92 Å². The van der Waals surface area contributed by atoms with Crippen LogP contribution in [-0.2, 0) is 22.6 Å². The highest BCUT2D eigenvalue weighted by molar-refractivity contribution is 6.36. The zero-order chi connectivity index (χ0) is 21.4. The lowest BCUT2D eigenvalue weighted by Crippen LogP contribution is -2.36. The summed E-state index contributed by atoms with van der Waals surface area (Å²) in [6.07, 6.45) is 5.27. The Labute approximate surface area is 181 Å². The zero-order valence-electron chi connectivity index (χ0n) is 17.4. The number of anilines is 1. The first-order valence-electron chi connectivity index (χ1n) is 10.6. The van der Waals surface area contributed by atoms with Gasteiger partial charge >= 0.3 is 0 Å². The smallest absolute Gasteiger partial charge is 0.278 e. The van der Waals surface area contributed by atoms with Crippen molar-refractivity contribution in [2.24, 2.45) is 0 Å². The van der Waals surface area contributed by atoms with E-state index in [1.165, 1.54) is 10.5 Å². The molecule has 3 aromatic rings. The molecule has 1 aromatic heterocycles. The number of hydrogen-bond acceptors (Lipinski definition) is 4. The van der Waals surface area contributed by atoms with E-state index >= 15 is 0 Å². The van der Waals surface area contributed by atoms with Crippen molar-refractivity contribution in [1.82, 2.24) is 9.88 Å². The van der Waals surface area contributed by atoms with Gasteiger partial charge in [-0.1, -0.05) is 48.0 Å². The number of pyridine rings is 1. The van der Waals surface area contributed by atoms with Crippen LogP contribution in [0.1, 0.15) is 28.7 Å². The average molecular weight is 409 g/mol. The van der Waals surface area contributed by atoms with Crippen LogP contribution in [0.2, 0.25) is 0 Å². The largest absolute Gasteiger partial charge is 0.336 e. The van der Waals surface area contributed by atoms with Gasteiger partial charge in [0, 0.05) is 24.6 Å². The normalized spacial score (nSPS) is 16.2. The molecule has 0 aliphatic carbocycles. The number of aromatic nitrogens is 1. The summed E-state index contributed by atoms with van der Waals surface area (Å²) in [7, 11) is 0. The maximum Gasteiger partial charge on any atom is 0.278 e. The predicted octanol–water partition coefficient (Wildman–Crippen LogP) is 4.12. The van der Waals surface area contributed by atoms with E-state index in [0.29, 0.717) is 17.8 Å². The first-order valence-corrected chi connectivity index (χ1v) is 10.6. The summed E-state index contributed by atoms with van der Waals surface area (Å²) in [5.74, 6) is -0.488. The molecule has 31 heavy (non-hydrogen) atoms. The average Bonchev–Trinajstić information content (AvgIpc) is 3.04. The molecule has 2 aliphatic rings. The highest BCUT2D eigenvalue weighted by atomic mass is 16.2. The second kappa shape index (κ2) is 7.84. The lowest BCUT2D eigenvalue weighted by molar-refractivity contribution is -0.137. The maximum absolute atomic E-state index is 13.7. The topological polar surface area (TPSA) is 53.5 Å². The van der Waals surface area contributed by atoms with Gasteiger partial charge in [-0.05, 0) is 54.7 Å². The van der Waals surface area contributed by atoms with Gasteiger partial charge in [-0.25, -0.2) is 0 Å². The zero-order valence-corrected chi connectivity index (χ0v) is 17.4. The molecule has 0 atom stereocenters. The third-order valence-electron chi connectivity index (χ3n) is 5.95. The molecule has 154 valence electrons.